The molecule has 3 saturated heterocycles. The molecule has 0 spiro atoms. The molecule has 0 saturated carbocycles. The maximum Gasteiger partial charge on any atom is 0.269 e. The highest BCUT2D eigenvalue weighted by molar-refractivity contribution is 8.47. The zero-order valence-electron chi connectivity index (χ0n) is 41.0. The van der Waals surface area contributed by atoms with Gasteiger partial charge in [-0.2, -0.15) is 0 Å². The number of benzene rings is 4. The second kappa shape index (κ2) is 16.9. The van der Waals surface area contributed by atoms with Crippen molar-refractivity contribution in [2.45, 2.75) is 181 Å². The molecule has 8 rings (SSSR count). The largest absolute Gasteiger partial charge is 0.457 e. The van der Waals surface area contributed by atoms with E-state index in [0.717, 1.165) is 41.0 Å². The molecule has 0 aliphatic carbocycles. The number of aliphatic imine (C=N–C) groups is 1. The predicted octanol–water partition coefficient (Wildman–Crippen LogP) is 13.1. The number of ether oxygens (including phenoxy) is 1. The second-order valence-electron chi connectivity index (χ2n) is 23.5. The smallest absolute Gasteiger partial charge is 0.269 e. The van der Waals surface area contributed by atoms with Crippen molar-refractivity contribution in [3.05, 3.63) is 119 Å². The average Bonchev–Trinajstić information content (AvgIpc) is 3.18. The number of fused-ring (bicyclic) bond motifs is 4. The van der Waals surface area contributed by atoms with Crippen molar-refractivity contribution in [2.24, 2.45) is 4.99 Å². The first-order valence-electron chi connectivity index (χ1n) is 23.8. The average molecular weight is 913 g/mol. The lowest BCUT2D eigenvalue weighted by atomic mass is 9.42. The van der Waals surface area contributed by atoms with Crippen LogP contribution in [0.5, 0.6) is 11.5 Å². The summed E-state index contributed by atoms with van der Waals surface area (Å²) in [6, 6.07) is 36.5. The minimum atomic E-state index is -2.84. The molecular weight excluding hydrogens is 838 g/mol. The zero-order valence-corrected chi connectivity index (χ0v) is 45.1. The van der Waals surface area contributed by atoms with Crippen LogP contribution in [0.25, 0.3) is 0 Å². The van der Waals surface area contributed by atoms with Crippen molar-refractivity contribution in [3.63, 3.8) is 0 Å². The fraction of sp³-hybridized carbons (Fsp3) is 0.528. The highest BCUT2D eigenvalue weighted by Gasteiger charge is 2.73. The van der Waals surface area contributed by atoms with Crippen molar-refractivity contribution in [3.8, 4) is 11.5 Å². The van der Waals surface area contributed by atoms with E-state index in [4.69, 9.17) is 9.73 Å². The topological polar surface area (TPSA) is 31.3 Å². The minimum Gasteiger partial charge on any atom is -0.457 e. The normalized spacial score (nSPS) is 24.8. The molecule has 63 heavy (non-hydrogen) atoms. The molecule has 0 amide bonds. The van der Waals surface area contributed by atoms with Crippen LogP contribution in [0, 0.1) is 0 Å². The monoisotopic (exact) mass is 913 g/mol. The van der Waals surface area contributed by atoms with Gasteiger partial charge in [0.25, 0.3) is 8.06 Å². The van der Waals surface area contributed by atoms with Crippen LogP contribution in [0.2, 0.25) is 11.6 Å². The molecule has 2 bridgehead atoms. The van der Waals surface area contributed by atoms with Crippen LogP contribution in [0.3, 0.4) is 0 Å². The van der Waals surface area contributed by atoms with Crippen molar-refractivity contribution >= 4 is 56.4 Å². The summed E-state index contributed by atoms with van der Waals surface area (Å²) in [4.78, 5) is 5.47. The van der Waals surface area contributed by atoms with Crippen LogP contribution < -0.4 is 15.1 Å². The third-order valence-electron chi connectivity index (χ3n) is 14.2. The van der Waals surface area contributed by atoms with Gasteiger partial charge in [0.2, 0.25) is 9.68 Å². The first kappa shape index (κ1) is 46.9. The molecule has 4 heterocycles. The summed E-state index contributed by atoms with van der Waals surface area (Å²) in [6.45, 7) is 33.5. The Kier molecular flexibility index (Phi) is 12.6. The van der Waals surface area contributed by atoms with Crippen LogP contribution in [0.1, 0.15) is 164 Å². The Hall–Kier alpha value is -2.57. The van der Waals surface area contributed by atoms with Gasteiger partial charge in [-0.3, -0.25) is 14.1 Å². The summed E-state index contributed by atoms with van der Waals surface area (Å²) in [6.07, 6.45) is 9.21. The van der Waals surface area contributed by atoms with Gasteiger partial charge in [0, 0.05) is 49.1 Å². The first-order valence-corrected chi connectivity index (χ1v) is 30.5. The molecule has 334 valence electrons. The SMILES string of the molecule is CC(C)(C)N=C(c1ccccc1)N([Si]c1cccc2c1Oc1c(cccc1[Si]1(P(P)B3C4CCCC3CCC4)N(C(C)(C)C)C(c3ccccc3)N1C(C)(C)C)C2(C)C)C(C)(C)C. The van der Waals surface area contributed by atoms with Crippen LogP contribution in [0.4, 0.5) is 0 Å². The Balaban J connectivity index is 1.36. The van der Waals surface area contributed by atoms with Gasteiger partial charge in [0.15, 0.2) is 6.43 Å². The first-order chi connectivity index (χ1) is 29.5. The maximum absolute atomic E-state index is 7.87. The number of hydrogen-bond acceptors (Lipinski definition) is 4. The van der Waals surface area contributed by atoms with Gasteiger partial charge in [0.1, 0.15) is 17.3 Å². The highest BCUT2D eigenvalue weighted by Crippen LogP contribution is 2.74. The Morgan fingerprint density at radius 2 is 1.22 bits per heavy atom. The van der Waals surface area contributed by atoms with Crippen molar-refractivity contribution in [2.75, 3.05) is 0 Å². The van der Waals surface area contributed by atoms with Gasteiger partial charge in [-0.25, -0.2) is 0 Å². The van der Waals surface area contributed by atoms with Crippen molar-refractivity contribution in [1.29, 1.82) is 0 Å². The number of nitrogens with zero attached hydrogens (tertiary/aromatic N) is 4. The minimum absolute atomic E-state index is 0.0970. The molecule has 2 radical (unpaired) electrons. The molecule has 4 aromatic rings. The summed E-state index contributed by atoms with van der Waals surface area (Å²) in [5.41, 5.74) is 4.18. The lowest BCUT2D eigenvalue weighted by Crippen LogP contribution is -2.89. The molecule has 3 fully saturated rings. The van der Waals surface area contributed by atoms with Crippen LogP contribution in [0.15, 0.2) is 102 Å². The molecule has 5 nitrogen and oxygen atoms in total. The van der Waals surface area contributed by atoms with Gasteiger partial charge in [-0.1, -0.05) is 168 Å². The number of para-hydroxylation sites is 2. The molecule has 4 aliphatic heterocycles. The molecule has 10 heteroatoms. The van der Waals surface area contributed by atoms with Crippen LogP contribution >= 0.6 is 16.0 Å². The van der Waals surface area contributed by atoms with Gasteiger partial charge >= 0.3 is 0 Å². The molecule has 0 N–H and O–H groups in total. The third kappa shape index (κ3) is 8.44. The molecule has 4 aliphatic rings. The third-order valence-corrected chi connectivity index (χ3v) is 31.8. The Morgan fingerprint density at radius 3 is 1.73 bits per heavy atom. The van der Waals surface area contributed by atoms with E-state index in [1.54, 1.807) is 0 Å². The quantitative estimate of drug-likeness (QED) is 0.0800. The van der Waals surface area contributed by atoms with E-state index in [1.807, 2.05) is 0 Å². The summed E-state index contributed by atoms with van der Waals surface area (Å²) in [5.74, 6) is 4.79. The second-order valence-corrected chi connectivity index (χ2v) is 35.5. The van der Waals surface area contributed by atoms with E-state index in [-0.39, 0.29) is 33.7 Å². The summed E-state index contributed by atoms with van der Waals surface area (Å²) in [7, 11) is 0.616. The van der Waals surface area contributed by atoms with Gasteiger partial charge < -0.3 is 9.30 Å². The summed E-state index contributed by atoms with van der Waals surface area (Å²) < 4.78 is 16.6. The van der Waals surface area contributed by atoms with Gasteiger partial charge in [-0.05, 0) is 88.6 Å². The molecule has 2 atom stereocenters. The Morgan fingerprint density at radius 1 is 0.714 bits per heavy atom. The van der Waals surface area contributed by atoms with Crippen LogP contribution in [-0.4, -0.2) is 65.9 Å². The molecular formula is C53H75BN4OP2Si2. The summed E-state index contributed by atoms with van der Waals surface area (Å²) >= 11 is 0. The fourth-order valence-corrected chi connectivity index (χ4v) is 33.0. The fourth-order valence-electron chi connectivity index (χ4n) is 11.7. The predicted molar refractivity (Wildman–Crippen MR) is 280 cm³/mol. The van der Waals surface area contributed by atoms with E-state index in [9.17, 15) is 0 Å². The number of hydrogen-bond donors (Lipinski definition) is 0. The van der Waals surface area contributed by atoms with E-state index < -0.39 is 15.1 Å². The van der Waals surface area contributed by atoms with Gasteiger partial charge in [0.05, 0.1) is 11.7 Å². The summed E-state index contributed by atoms with van der Waals surface area (Å²) in [5, 5.41) is 2.71. The van der Waals surface area contributed by atoms with Crippen LogP contribution in [-0.2, 0) is 5.41 Å². The lowest BCUT2D eigenvalue weighted by Gasteiger charge is -2.75. The van der Waals surface area contributed by atoms with Crippen molar-refractivity contribution in [1.82, 2.24) is 13.7 Å². The van der Waals surface area contributed by atoms with E-state index in [0.29, 0.717) is 9.68 Å². The van der Waals surface area contributed by atoms with E-state index in [2.05, 4.69) is 217 Å². The highest BCUT2D eigenvalue weighted by atomic mass is 32.1. The van der Waals surface area contributed by atoms with E-state index >= 15 is 0 Å². The zero-order chi connectivity index (χ0) is 45.5. The molecule has 2 unspecified atom stereocenters. The standard InChI is InChI=1S/C53H75BN4OP2Si2/c1-49(2,3)55-47(37-25-17-15-18-26-37)56(50(4,5)6)62-43-35-23-33-41-45(43)59-46-42(53(41,13)14)34-24-36-44(46)63(61(60)54-39-29-21-30-40(54)32-22-31-39)57(51(7,8)9)48(58(63)52(10,11)12)38-27-19-16-20-28-38/h15-20,23-28,33-36,39-40,48H,21-22,29-32,60H2,1-14H3. The number of amidine groups is 1. The Labute approximate surface area is 389 Å². The molecule has 4 aromatic carbocycles. The number of rotatable bonds is 7. The molecule has 0 aromatic heterocycles. The Bertz CT molecular complexity index is 2270. The van der Waals surface area contributed by atoms with Crippen molar-refractivity contribution < 1.29 is 4.74 Å². The van der Waals surface area contributed by atoms with Gasteiger partial charge in [-0.15, -0.1) is 8.93 Å². The lowest BCUT2D eigenvalue weighted by molar-refractivity contribution is -0.0338. The maximum atomic E-state index is 7.87. The van der Waals surface area contributed by atoms with E-state index in [1.165, 1.54) is 65.6 Å².